The molecule has 0 unspecified atom stereocenters. The topological polar surface area (TPSA) is 72.5 Å². The summed E-state index contributed by atoms with van der Waals surface area (Å²) in [5.41, 5.74) is 8.71. The van der Waals surface area contributed by atoms with Gasteiger partial charge in [0.25, 0.3) is 0 Å². The lowest BCUT2D eigenvalue weighted by Crippen LogP contribution is -2.05. The third-order valence-corrected chi connectivity index (χ3v) is 3.27. The quantitative estimate of drug-likeness (QED) is 0.820. The van der Waals surface area contributed by atoms with Crippen LogP contribution in [-0.4, -0.2) is 18.2 Å². The number of anilines is 1. The Hall–Kier alpha value is -2.49. The molecule has 0 aromatic heterocycles. The van der Waals surface area contributed by atoms with Crippen molar-refractivity contribution < 1.29 is 14.6 Å². The third-order valence-electron chi connectivity index (χ3n) is 3.27. The van der Waals surface area contributed by atoms with Crippen LogP contribution >= 0.6 is 0 Å². The standard InChI is InChI=1S/C16H17NO3/c1-20-13-9-8-11(14(10-13)16(18)19)6-7-12-4-2-3-5-15(12)17/h2-5,8-10H,6-7,17H2,1H3,(H,18,19). The molecule has 4 nitrogen and oxygen atoms in total. The Morgan fingerprint density at radius 2 is 1.85 bits per heavy atom. The molecule has 2 aromatic rings. The molecule has 0 aliphatic rings. The summed E-state index contributed by atoms with van der Waals surface area (Å²) in [5, 5.41) is 9.26. The van der Waals surface area contributed by atoms with E-state index in [1.807, 2.05) is 24.3 Å². The van der Waals surface area contributed by atoms with Crippen molar-refractivity contribution >= 4 is 11.7 Å². The van der Waals surface area contributed by atoms with Gasteiger partial charge in [-0.05, 0) is 42.2 Å². The zero-order chi connectivity index (χ0) is 14.5. The fourth-order valence-corrected chi connectivity index (χ4v) is 2.13. The smallest absolute Gasteiger partial charge is 0.336 e. The lowest BCUT2D eigenvalue weighted by molar-refractivity contribution is 0.0695. The van der Waals surface area contributed by atoms with E-state index in [4.69, 9.17) is 10.5 Å². The van der Waals surface area contributed by atoms with Crippen molar-refractivity contribution in [1.29, 1.82) is 0 Å². The minimum atomic E-state index is -0.945. The Labute approximate surface area is 117 Å². The number of aryl methyl sites for hydroxylation is 2. The first-order chi connectivity index (χ1) is 9.61. The molecule has 3 N–H and O–H groups in total. The molecular weight excluding hydrogens is 254 g/mol. The largest absolute Gasteiger partial charge is 0.497 e. The van der Waals surface area contributed by atoms with Gasteiger partial charge in [0, 0.05) is 5.69 Å². The van der Waals surface area contributed by atoms with E-state index in [-0.39, 0.29) is 5.56 Å². The fraction of sp³-hybridized carbons (Fsp3) is 0.188. The maximum absolute atomic E-state index is 11.3. The Morgan fingerprint density at radius 3 is 2.50 bits per heavy atom. The van der Waals surface area contributed by atoms with Crippen molar-refractivity contribution in [2.24, 2.45) is 0 Å². The molecule has 0 aliphatic heterocycles. The van der Waals surface area contributed by atoms with Crippen LogP contribution in [0.1, 0.15) is 21.5 Å². The molecule has 2 aromatic carbocycles. The number of carboxylic acid groups (broad SMARTS) is 1. The van der Waals surface area contributed by atoms with Crippen LogP contribution in [0.15, 0.2) is 42.5 Å². The molecule has 0 fully saturated rings. The van der Waals surface area contributed by atoms with E-state index in [1.54, 1.807) is 18.2 Å². The molecule has 20 heavy (non-hydrogen) atoms. The van der Waals surface area contributed by atoms with Gasteiger partial charge in [-0.3, -0.25) is 0 Å². The van der Waals surface area contributed by atoms with Crippen LogP contribution < -0.4 is 10.5 Å². The predicted molar refractivity (Wildman–Crippen MR) is 78.2 cm³/mol. The van der Waals surface area contributed by atoms with Gasteiger partial charge in [0.2, 0.25) is 0 Å². The molecule has 0 atom stereocenters. The first kappa shape index (κ1) is 13.9. The summed E-state index contributed by atoms with van der Waals surface area (Å²) >= 11 is 0. The van der Waals surface area contributed by atoms with E-state index >= 15 is 0 Å². The Kier molecular flexibility index (Phi) is 4.25. The second-order valence-corrected chi connectivity index (χ2v) is 4.53. The first-order valence-corrected chi connectivity index (χ1v) is 6.35. The van der Waals surface area contributed by atoms with Gasteiger partial charge in [-0.1, -0.05) is 24.3 Å². The van der Waals surface area contributed by atoms with Crippen molar-refractivity contribution in [3.63, 3.8) is 0 Å². The van der Waals surface area contributed by atoms with Crippen LogP contribution in [0.4, 0.5) is 5.69 Å². The Bertz CT molecular complexity index is 623. The van der Waals surface area contributed by atoms with Crippen molar-refractivity contribution in [1.82, 2.24) is 0 Å². The maximum Gasteiger partial charge on any atom is 0.336 e. The van der Waals surface area contributed by atoms with E-state index in [0.717, 1.165) is 16.8 Å². The first-order valence-electron chi connectivity index (χ1n) is 6.35. The molecular formula is C16H17NO3. The number of benzene rings is 2. The number of aromatic carboxylic acids is 1. The van der Waals surface area contributed by atoms with Crippen LogP contribution in [0.25, 0.3) is 0 Å². The van der Waals surface area contributed by atoms with Gasteiger partial charge in [0.05, 0.1) is 12.7 Å². The molecule has 0 saturated carbocycles. The minimum Gasteiger partial charge on any atom is -0.497 e. The SMILES string of the molecule is COc1ccc(CCc2ccccc2N)c(C(=O)O)c1. The van der Waals surface area contributed by atoms with Gasteiger partial charge in [0.15, 0.2) is 0 Å². The molecule has 0 amide bonds. The number of hydrogen-bond donors (Lipinski definition) is 2. The van der Waals surface area contributed by atoms with E-state index in [2.05, 4.69) is 0 Å². The summed E-state index contributed by atoms with van der Waals surface area (Å²) in [6.45, 7) is 0. The second kappa shape index (κ2) is 6.10. The molecule has 0 radical (unpaired) electrons. The zero-order valence-electron chi connectivity index (χ0n) is 11.3. The number of carbonyl (C=O) groups is 1. The highest BCUT2D eigenvalue weighted by Crippen LogP contribution is 2.21. The number of nitrogen functional groups attached to an aromatic ring is 1. The molecule has 0 saturated heterocycles. The third kappa shape index (κ3) is 3.09. The van der Waals surface area contributed by atoms with E-state index in [9.17, 15) is 9.90 Å². The van der Waals surface area contributed by atoms with Crippen molar-refractivity contribution in [3.8, 4) is 5.75 Å². The van der Waals surface area contributed by atoms with Gasteiger partial charge in [-0.15, -0.1) is 0 Å². The monoisotopic (exact) mass is 271 g/mol. The minimum absolute atomic E-state index is 0.277. The fourth-order valence-electron chi connectivity index (χ4n) is 2.13. The van der Waals surface area contributed by atoms with E-state index in [0.29, 0.717) is 18.6 Å². The summed E-state index contributed by atoms with van der Waals surface area (Å²) in [6.07, 6.45) is 1.33. The van der Waals surface area contributed by atoms with Crippen molar-refractivity contribution in [2.75, 3.05) is 12.8 Å². The molecule has 0 bridgehead atoms. The zero-order valence-corrected chi connectivity index (χ0v) is 11.3. The maximum atomic E-state index is 11.3. The van der Waals surface area contributed by atoms with Gasteiger partial charge < -0.3 is 15.6 Å². The van der Waals surface area contributed by atoms with Crippen LogP contribution in [0.3, 0.4) is 0 Å². The molecule has 0 heterocycles. The van der Waals surface area contributed by atoms with Gasteiger partial charge in [-0.25, -0.2) is 4.79 Å². The van der Waals surface area contributed by atoms with Gasteiger partial charge in [-0.2, -0.15) is 0 Å². The number of ether oxygens (including phenoxy) is 1. The van der Waals surface area contributed by atoms with E-state index < -0.39 is 5.97 Å². The van der Waals surface area contributed by atoms with Crippen LogP contribution in [-0.2, 0) is 12.8 Å². The molecule has 2 rings (SSSR count). The van der Waals surface area contributed by atoms with Crippen molar-refractivity contribution in [2.45, 2.75) is 12.8 Å². The molecule has 0 aliphatic carbocycles. The highest BCUT2D eigenvalue weighted by atomic mass is 16.5. The molecule has 104 valence electrons. The number of methoxy groups -OCH3 is 1. The highest BCUT2D eigenvalue weighted by molar-refractivity contribution is 5.90. The highest BCUT2D eigenvalue weighted by Gasteiger charge is 2.11. The Morgan fingerprint density at radius 1 is 1.15 bits per heavy atom. The number of nitrogens with two attached hydrogens (primary N) is 1. The average Bonchev–Trinajstić information content (AvgIpc) is 2.46. The Balaban J connectivity index is 2.21. The van der Waals surface area contributed by atoms with Crippen LogP contribution in [0.2, 0.25) is 0 Å². The number of rotatable bonds is 5. The summed E-state index contributed by atoms with van der Waals surface area (Å²) in [5.74, 6) is -0.398. The number of para-hydroxylation sites is 1. The summed E-state index contributed by atoms with van der Waals surface area (Å²) in [4.78, 5) is 11.3. The normalized spacial score (nSPS) is 10.2. The average molecular weight is 271 g/mol. The van der Waals surface area contributed by atoms with Crippen LogP contribution in [0.5, 0.6) is 5.75 Å². The second-order valence-electron chi connectivity index (χ2n) is 4.53. The summed E-state index contributed by atoms with van der Waals surface area (Å²) in [6, 6.07) is 12.7. The lowest BCUT2D eigenvalue weighted by atomic mass is 9.99. The molecule has 0 spiro atoms. The molecule has 4 heteroatoms. The lowest BCUT2D eigenvalue weighted by Gasteiger charge is -2.09. The number of carboxylic acids is 1. The van der Waals surface area contributed by atoms with Gasteiger partial charge in [0.1, 0.15) is 5.75 Å². The summed E-state index contributed by atoms with van der Waals surface area (Å²) in [7, 11) is 1.52. The number of hydrogen-bond acceptors (Lipinski definition) is 3. The summed E-state index contributed by atoms with van der Waals surface area (Å²) < 4.78 is 5.06. The van der Waals surface area contributed by atoms with E-state index in [1.165, 1.54) is 7.11 Å². The van der Waals surface area contributed by atoms with Gasteiger partial charge >= 0.3 is 5.97 Å². The predicted octanol–water partition coefficient (Wildman–Crippen LogP) is 2.76. The van der Waals surface area contributed by atoms with Crippen molar-refractivity contribution in [3.05, 3.63) is 59.2 Å². The van der Waals surface area contributed by atoms with Crippen LogP contribution in [0, 0.1) is 0 Å².